The van der Waals surface area contributed by atoms with Gasteiger partial charge in [-0.2, -0.15) is 0 Å². The van der Waals surface area contributed by atoms with Crippen molar-refractivity contribution in [2.45, 2.75) is 30.9 Å². The van der Waals surface area contributed by atoms with Gasteiger partial charge in [0.15, 0.2) is 11.5 Å². The molecule has 0 amide bonds. The lowest BCUT2D eigenvalue weighted by Crippen LogP contribution is -2.11. The number of carbonyl (C=O) groups is 1. The Labute approximate surface area is 167 Å². The minimum atomic E-state index is -3.74. The third-order valence-electron chi connectivity index (χ3n) is 3.91. The Balaban J connectivity index is 1.77. The molecular formula is C19H20N2O5S2. The van der Waals surface area contributed by atoms with Crippen molar-refractivity contribution in [3.63, 3.8) is 0 Å². The number of hydrogen-bond donors (Lipinski definition) is 1. The third-order valence-corrected chi connectivity index (χ3v) is 6.89. The number of benzene rings is 1. The van der Waals surface area contributed by atoms with Crippen molar-refractivity contribution in [2.24, 2.45) is 0 Å². The fourth-order valence-corrected chi connectivity index (χ4v) is 4.74. The first-order valence-corrected chi connectivity index (χ1v) is 11.0. The number of esters is 1. The van der Waals surface area contributed by atoms with E-state index in [4.69, 9.17) is 9.26 Å². The number of sulfonamides is 1. The molecule has 3 aromatic rings. The lowest BCUT2D eigenvalue weighted by atomic mass is 10.0. The van der Waals surface area contributed by atoms with Gasteiger partial charge in [-0.15, -0.1) is 11.3 Å². The standard InChI is InChI=1S/C19H20N2O5S2/c1-4-25-19(22)15-11-16(26-20-15)17-9-10-18(27-17)28(23,24)21-14-7-5-13(6-8-14)12(2)3/h5-12,21H,4H2,1-3H3. The summed E-state index contributed by atoms with van der Waals surface area (Å²) in [4.78, 5) is 12.2. The zero-order valence-electron chi connectivity index (χ0n) is 15.6. The molecule has 1 aromatic carbocycles. The van der Waals surface area contributed by atoms with Crippen molar-refractivity contribution in [2.75, 3.05) is 11.3 Å². The van der Waals surface area contributed by atoms with Crippen molar-refractivity contribution in [1.29, 1.82) is 0 Å². The van der Waals surface area contributed by atoms with Crippen molar-refractivity contribution in [3.8, 4) is 10.6 Å². The number of hydrogen-bond acceptors (Lipinski definition) is 7. The molecule has 0 saturated carbocycles. The molecule has 0 aliphatic carbocycles. The van der Waals surface area contributed by atoms with E-state index in [-0.39, 0.29) is 16.5 Å². The monoisotopic (exact) mass is 420 g/mol. The van der Waals surface area contributed by atoms with Crippen LogP contribution in [-0.4, -0.2) is 26.2 Å². The summed E-state index contributed by atoms with van der Waals surface area (Å²) in [7, 11) is -3.74. The van der Waals surface area contributed by atoms with Crippen molar-refractivity contribution in [3.05, 3.63) is 53.7 Å². The Hall–Kier alpha value is -2.65. The molecule has 0 fully saturated rings. The summed E-state index contributed by atoms with van der Waals surface area (Å²) >= 11 is 1.02. The summed E-state index contributed by atoms with van der Waals surface area (Å²) in [5.74, 6) is 0.0797. The first kappa shape index (κ1) is 20.1. The SMILES string of the molecule is CCOC(=O)c1cc(-c2ccc(S(=O)(=O)Nc3ccc(C(C)C)cc3)s2)on1. The van der Waals surface area contributed by atoms with Crippen LogP contribution in [0.25, 0.3) is 10.6 Å². The summed E-state index contributed by atoms with van der Waals surface area (Å²) in [6.45, 7) is 6.07. The number of anilines is 1. The van der Waals surface area contributed by atoms with Crippen LogP contribution in [0.4, 0.5) is 5.69 Å². The Morgan fingerprint density at radius 3 is 2.57 bits per heavy atom. The summed E-state index contributed by atoms with van der Waals surface area (Å²) in [5.41, 5.74) is 1.66. The maximum atomic E-state index is 12.6. The fourth-order valence-electron chi connectivity index (χ4n) is 2.43. The molecule has 0 spiro atoms. The van der Waals surface area contributed by atoms with Crippen LogP contribution in [0.1, 0.15) is 42.7 Å². The first-order valence-electron chi connectivity index (χ1n) is 8.67. The highest BCUT2D eigenvalue weighted by Gasteiger charge is 2.20. The second kappa shape index (κ2) is 8.15. The number of thiophene rings is 1. The fraction of sp³-hybridized carbons (Fsp3) is 0.263. The summed E-state index contributed by atoms with van der Waals surface area (Å²) in [5, 5.41) is 3.66. The van der Waals surface area contributed by atoms with E-state index in [1.807, 2.05) is 12.1 Å². The zero-order chi connectivity index (χ0) is 20.3. The molecular weight excluding hydrogens is 400 g/mol. The van der Waals surface area contributed by atoms with E-state index in [0.29, 0.717) is 22.2 Å². The van der Waals surface area contributed by atoms with Gasteiger partial charge >= 0.3 is 5.97 Å². The smallest absolute Gasteiger partial charge is 0.360 e. The number of nitrogens with one attached hydrogen (secondary N) is 1. The lowest BCUT2D eigenvalue weighted by molar-refractivity contribution is 0.0514. The van der Waals surface area contributed by atoms with Crippen molar-refractivity contribution < 1.29 is 22.5 Å². The van der Waals surface area contributed by atoms with E-state index >= 15 is 0 Å². The molecule has 3 rings (SSSR count). The van der Waals surface area contributed by atoms with Crippen molar-refractivity contribution >= 4 is 33.0 Å². The molecule has 0 bridgehead atoms. The van der Waals surface area contributed by atoms with Gasteiger partial charge in [0.1, 0.15) is 4.21 Å². The van der Waals surface area contributed by atoms with Gasteiger partial charge in [-0.25, -0.2) is 13.2 Å². The minimum Gasteiger partial charge on any atom is -0.461 e. The van der Waals surface area contributed by atoms with Crippen LogP contribution in [-0.2, 0) is 14.8 Å². The molecule has 0 unspecified atom stereocenters. The molecule has 0 saturated heterocycles. The number of rotatable bonds is 7. The van der Waals surface area contributed by atoms with Gasteiger partial charge in [0.25, 0.3) is 10.0 Å². The summed E-state index contributed by atoms with van der Waals surface area (Å²) in [6.07, 6.45) is 0. The Morgan fingerprint density at radius 2 is 1.93 bits per heavy atom. The van der Waals surface area contributed by atoms with Crippen LogP contribution >= 0.6 is 11.3 Å². The van der Waals surface area contributed by atoms with Gasteiger partial charge in [0.2, 0.25) is 0 Å². The van der Waals surface area contributed by atoms with Crippen LogP contribution in [0.5, 0.6) is 0 Å². The highest BCUT2D eigenvalue weighted by molar-refractivity contribution is 7.94. The minimum absolute atomic E-state index is 0.0398. The maximum Gasteiger partial charge on any atom is 0.360 e. The van der Waals surface area contributed by atoms with Crippen LogP contribution in [0.3, 0.4) is 0 Å². The quantitative estimate of drug-likeness (QED) is 0.565. The zero-order valence-corrected chi connectivity index (χ0v) is 17.3. The Morgan fingerprint density at radius 1 is 1.21 bits per heavy atom. The molecule has 0 radical (unpaired) electrons. The molecule has 1 N–H and O–H groups in total. The highest BCUT2D eigenvalue weighted by atomic mass is 32.2. The molecule has 0 aliphatic rings. The van der Waals surface area contributed by atoms with Gasteiger partial charge in [0.05, 0.1) is 11.5 Å². The Bertz CT molecular complexity index is 1070. The Kier molecular flexibility index (Phi) is 5.85. The highest BCUT2D eigenvalue weighted by Crippen LogP contribution is 2.32. The predicted molar refractivity (Wildman–Crippen MR) is 107 cm³/mol. The van der Waals surface area contributed by atoms with E-state index < -0.39 is 16.0 Å². The summed E-state index contributed by atoms with van der Waals surface area (Å²) in [6, 6.07) is 11.8. The first-order chi connectivity index (χ1) is 13.3. The largest absolute Gasteiger partial charge is 0.461 e. The van der Waals surface area contributed by atoms with E-state index in [9.17, 15) is 13.2 Å². The van der Waals surface area contributed by atoms with Crippen LogP contribution in [0.15, 0.2) is 51.2 Å². The number of nitrogens with zero attached hydrogens (tertiary/aromatic N) is 1. The van der Waals surface area contributed by atoms with E-state index in [1.165, 1.54) is 12.1 Å². The van der Waals surface area contributed by atoms with Crippen molar-refractivity contribution in [1.82, 2.24) is 5.16 Å². The van der Waals surface area contributed by atoms with E-state index in [1.54, 1.807) is 25.1 Å². The normalized spacial score (nSPS) is 11.6. The number of ether oxygens (including phenoxy) is 1. The molecule has 2 aromatic heterocycles. The topological polar surface area (TPSA) is 98.5 Å². The lowest BCUT2D eigenvalue weighted by Gasteiger charge is -2.09. The average molecular weight is 421 g/mol. The predicted octanol–water partition coefficient (Wildman–Crippen LogP) is 4.50. The maximum absolute atomic E-state index is 12.6. The molecule has 28 heavy (non-hydrogen) atoms. The van der Waals surface area contributed by atoms with Crippen LogP contribution < -0.4 is 4.72 Å². The van der Waals surface area contributed by atoms with Crippen LogP contribution in [0.2, 0.25) is 0 Å². The molecule has 148 valence electrons. The van der Waals surface area contributed by atoms with E-state index in [2.05, 4.69) is 23.7 Å². The molecule has 0 aliphatic heterocycles. The van der Waals surface area contributed by atoms with Gasteiger partial charge in [-0.3, -0.25) is 4.72 Å². The van der Waals surface area contributed by atoms with Crippen LogP contribution in [0, 0.1) is 0 Å². The second-order valence-corrected chi connectivity index (χ2v) is 9.29. The average Bonchev–Trinajstić information content (AvgIpc) is 3.32. The molecule has 9 heteroatoms. The third kappa shape index (κ3) is 4.42. The molecule has 0 atom stereocenters. The van der Waals surface area contributed by atoms with Gasteiger partial charge in [0, 0.05) is 11.8 Å². The van der Waals surface area contributed by atoms with Gasteiger partial charge in [-0.05, 0) is 42.7 Å². The second-order valence-electron chi connectivity index (χ2n) is 6.30. The molecule has 2 heterocycles. The number of aromatic nitrogens is 1. The van der Waals surface area contributed by atoms with E-state index in [0.717, 1.165) is 16.9 Å². The van der Waals surface area contributed by atoms with Gasteiger partial charge < -0.3 is 9.26 Å². The number of carbonyl (C=O) groups excluding carboxylic acids is 1. The molecule has 7 nitrogen and oxygen atoms in total. The van der Waals surface area contributed by atoms with Gasteiger partial charge in [-0.1, -0.05) is 31.1 Å². The summed E-state index contributed by atoms with van der Waals surface area (Å²) < 4.78 is 38.0.